The highest BCUT2D eigenvalue weighted by Crippen LogP contribution is 2.25. The van der Waals surface area contributed by atoms with Crippen LogP contribution in [-0.2, 0) is 6.54 Å². The molecule has 1 aromatic carbocycles. The zero-order chi connectivity index (χ0) is 14.5. The van der Waals surface area contributed by atoms with Crippen LogP contribution in [0.3, 0.4) is 0 Å². The van der Waals surface area contributed by atoms with Gasteiger partial charge in [-0.05, 0) is 30.5 Å². The minimum atomic E-state index is -0.254. The Balaban J connectivity index is 1.79. The van der Waals surface area contributed by atoms with E-state index in [4.69, 9.17) is 0 Å². The molecule has 0 aliphatic heterocycles. The highest BCUT2D eigenvalue weighted by molar-refractivity contribution is 9.10. The third kappa shape index (κ3) is 4.21. The van der Waals surface area contributed by atoms with E-state index in [1.54, 1.807) is 11.9 Å². The molecule has 1 aliphatic rings. The van der Waals surface area contributed by atoms with Crippen LogP contribution >= 0.6 is 15.9 Å². The number of hydrogen-bond donors (Lipinski definition) is 2. The molecule has 2 rings (SSSR count). The first-order valence-electron chi connectivity index (χ1n) is 6.97. The molecule has 4 nitrogen and oxygen atoms in total. The Morgan fingerprint density at radius 2 is 2.30 bits per heavy atom. The zero-order valence-corrected chi connectivity index (χ0v) is 13.3. The molecule has 0 saturated heterocycles. The van der Waals surface area contributed by atoms with Gasteiger partial charge < -0.3 is 15.3 Å². The van der Waals surface area contributed by atoms with Crippen molar-refractivity contribution in [1.29, 1.82) is 0 Å². The van der Waals surface area contributed by atoms with Crippen LogP contribution in [-0.4, -0.2) is 35.7 Å². The second-order valence-electron chi connectivity index (χ2n) is 5.43. The van der Waals surface area contributed by atoms with Crippen LogP contribution in [0.2, 0.25) is 0 Å². The van der Waals surface area contributed by atoms with Gasteiger partial charge in [0.1, 0.15) is 0 Å². The highest BCUT2D eigenvalue weighted by Gasteiger charge is 2.27. The molecule has 20 heavy (non-hydrogen) atoms. The van der Waals surface area contributed by atoms with Crippen LogP contribution in [0, 0.1) is 5.92 Å². The van der Waals surface area contributed by atoms with Crippen molar-refractivity contribution in [3.63, 3.8) is 0 Å². The lowest BCUT2D eigenvalue weighted by molar-refractivity contribution is 0.114. The predicted octanol–water partition coefficient (Wildman–Crippen LogP) is 2.75. The Bertz CT molecular complexity index is 467. The maximum Gasteiger partial charge on any atom is 0.317 e. The van der Waals surface area contributed by atoms with Crippen molar-refractivity contribution >= 4 is 22.0 Å². The fraction of sp³-hybridized carbons (Fsp3) is 0.533. The monoisotopic (exact) mass is 340 g/mol. The molecular formula is C15H21BrN2O2. The lowest BCUT2D eigenvalue weighted by Crippen LogP contribution is -2.40. The van der Waals surface area contributed by atoms with Crippen LogP contribution in [0.5, 0.6) is 0 Å². The number of urea groups is 1. The van der Waals surface area contributed by atoms with Gasteiger partial charge >= 0.3 is 6.03 Å². The molecule has 0 bridgehead atoms. The summed E-state index contributed by atoms with van der Waals surface area (Å²) in [6.45, 7) is 1.13. The summed E-state index contributed by atoms with van der Waals surface area (Å²) in [5, 5.41) is 12.7. The number of nitrogens with zero attached hydrogens (tertiary/aromatic N) is 1. The predicted molar refractivity (Wildman–Crippen MR) is 82.4 cm³/mol. The van der Waals surface area contributed by atoms with Gasteiger partial charge in [-0.15, -0.1) is 0 Å². The van der Waals surface area contributed by atoms with E-state index in [-0.39, 0.29) is 18.1 Å². The summed E-state index contributed by atoms with van der Waals surface area (Å²) in [5.74, 6) is 0.219. The largest absolute Gasteiger partial charge is 0.393 e. The van der Waals surface area contributed by atoms with Crippen molar-refractivity contribution in [2.24, 2.45) is 5.92 Å². The number of hydrogen-bond acceptors (Lipinski definition) is 2. The van der Waals surface area contributed by atoms with Gasteiger partial charge in [0.25, 0.3) is 0 Å². The molecule has 2 amide bonds. The van der Waals surface area contributed by atoms with Crippen molar-refractivity contribution in [3.8, 4) is 0 Å². The van der Waals surface area contributed by atoms with Crippen LogP contribution in [0.1, 0.15) is 24.8 Å². The van der Waals surface area contributed by atoms with Gasteiger partial charge in [0, 0.05) is 30.5 Å². The fourth-order valence-corrected chi connectivity index (χ4v) is 3.07. The van der Waals surface area contributed by atoms with E-state index in [2.05, 4.69) is 21.2 Å². The van der Waals surface area contributed by atoms with Crippen molar-refractivity contribution in [1.82, 2.24) is 10.2 Å². The normalized spacial score (nSPS) is 21.8. The fourth-order valence-electron chi connectivity index (χ4n) is 2.62. The van der Waals surface area contributed by atoms with Crippen LogP contribution in [0.25, 0.3) is 0 Å². The quantitative estimate of drug-likeness (QED) is 0.885. The number of benzene rings is 1. The van der Waals surface area contributed by atoms with Gasteiger partial charge in [0.15, 0.2) is 0 Å². The summed E-state index contributed by atoms with van der Waals surface area (Å²) in [4.78, 5) is 13.7. The van der Waals surface area contributed by atoms with Gasteiger partial charge in [-0.1, -0.05) is 34.5 Å². The molecule has 0 heterocycles. The van der Waals surface area contributed by atoms with Crippen LogP contribution < -0.4 is 5.32 Å². The molecular weight excluding hydrogens is 320 g/mol. The Kier molecular flexibility index (Phi) is 5.43. The second-order valence-corrected chi connectivity index (χ2v) is 6.34. The second kappa shape index (κ2) is 7.09. The molecule has 0 aromatic heterocycles. The first kappa shape index (κ1) is 15.3. The zero-order valence-electron chi connectivity index (χ0n) is 11.7. The van der Waals surface area contributed by atoms with Gasteiger partial charge in [0.2, 0.25) is 0 Å². The Morgan fingerprint density at radius 3 is 2.95 bits per heavy atom. The molecule has 2 unspecified atom stereocenters. The van der Waals surface area contributed by atoms with Crippen molar-refractivity contribution in [3.05, 3.63) is 34.3 Å². The van der Waals surface area contributed by atoms with Crippen LogP contribution in [0.15, 0.2) is 28.7 Å². The van der Waals surface area contributed by atoms with E-state index < -0.39 is 0 Å². The van der Waals surface area contributed by atoms with E-state index in [9.17, 15) is 9.90 Å². The van der Waals surface area contributed by atoms with E-state index in [1.165, 1.54) is 0 Å². The van der Waals surface area contributed by atoms with E-state index in [0.29, 0.717) is 13.1 Å². The molecule has 1 fully saturated rings. The summed E-state index contributed by atoms with van der Waals surface area (Å²) < 4.78 is 1.01. The Labute approximate surface area is 128 Å². The molecule has 1 saturated carbocycles. The average Bonchev–Trinajstić information content (AvgIpc) is 2.81. The molecule has 1 aromatic rings. The lowest BCUT2D eigenvalue weighted by Gasteiger charge is -2.23. The number of rotatable bonds is 4. The van der Waals surface area contributed by atoms with E-state index in [0.717, 1.165) is 29.3 Å². The van der Waals surface area contributed by atoms with Crippen molar-refractivity contribution < 1.29 is 9.90 Å². The Morgan fingerprint density at radius 1 is 1.50 bits per heavy atom. The van der Waals surface area contributed by atoms with Gasteiger partial charge in [-0.3, -0.25) is 0 Å². The summed E-state index contributed by atoms with van der Waals surface area (Å²) in [6, 6.07) is 7.78. The maximum atomic E-state index is 12.0. The Hall–Kier alpha value is -1.07. The highest BCUT2D eigenvalue weighted by atomic mass is 79.9. The molecule has 0 radical (unpaired) electrons. The van der Waals surface area contributed by atoms with Gasteiger partial charge in [-0.2, -0.15) is 0 Å². The number of aliphatic hydroxyl groups excluding tert-OH is 1. The van der Waals surface area contributed by atoms with E-state index in [1.807, 2.05) is 24.3 Å². The van der Waals surface area contributed by atoms with Crippen LogP contribution in [0.4, 0.5) is 4.79 Å². The number of aliphatic hydroxyl groups is 1. The number of amides is 2. The summed E-state index contributed by atoms with van der Waals surface area (Å²) >= 11 is 3.41. The molecule has 2 atom stereocenters. The van der Waals surface area contributed by atoms with Crippen molar-refractivity contribution in [2.45, 2.75) is 31.9 Å². The van der Waals surface area contributed by atoms with Gasteiger partial charge in [0.05, 0.1) is 6.10 Å². The number of carbonyl (C=O) groups excluding carboxylic acids is 1. The van der Waals surface area contributed by atoms with Crippen molar-refractivity contribution in [2.75, 3.05) is 13.6 Å². The minimum absolute atomic E-state index is 0.0934. The van der Waals surface area contributed by atoms with E-state index >= 15 is 0 Å². The standard InChI is InChI=1S/C15H21BrN2O2/c1-18(10-12-5-3-7-14(12)19)15(20)17-9-11-4-2-6-13(16)8-11/h2,4,6,8,12,14,19H,3,5,7,9-10H2,1H3,(H,17,20). The smallest absolute Gasteiger partial charge is 0.317 e. The minimum Gasteiger partial charge on any atom is -0.393 e. The SMILES string of the molecule is CN(CC1CCCC1O)C(=O)NCc1cccc(Br)c1. The molecule has 5 heteroatoms. The number of carbonyl (C=O) groups is 1. The summed E-state index contributed by atoms with van der Waals surface area (Å²) in [6.07, 6.45) is 2.66. The third-order valence-corrected chi connectivity index (χ3v) is 4.30. The molecule has 110 valence electrons. The molecule has 0 spiro atoms. The third-order valence-electron chi connectivity index (χ3n) is 3.81. The number of nitrogens with one attached hydrogen (secondary N) is 1. The molecule has 1 aliphatic carbocycles. The first-order valence-corrected chi connectivity index (χ1v) is 7.77. The van der Waals surface area contributed by atoms with Gasteiger partial charge in [-0.25, -0.2) is 4.79 Å². The maximum absolute atomic E-state index is 12.0. The first-order chi connectivity index (χ1) is 9.56. The average molecular weight is 341 g/mol. The topological polar surface area (TPSA) is 52.6 Å². The molecule has 2 N–H and O–H groups in total. The summed E-state index contributed by atoms with van der Waals surface area (Å²) in [7, 11) is 1.78. The lowest BCUT2D eigenvalue weighted by atomic mass is 10.1. The summed E-state index contributed by atoms with van der Waals surface area (Å²) in [5.41, 5.74) is 1.06. The number of halogens is 1.